The second-order valence-electron chi connectivity index (χ2n) is 7.56. The average molecular weight is 559 g/mol. The van der Waals surface area contributed by atoms with Crippen LogP contribution in [0.1, 0.15) is 40.5 Å². The molecular weight excluding hydrogens is 520 g/mol. The van der Waals surface area contributed by atoms with Gasteiger partial charge in [-0.05, 0) is 27.7 Å². The first kappa shape index (κ1) is 35.3. The fraction of sp³-hybridized carbons (Fsp3) is 0.615. The van der Waals surface area contributed by atoms with Gasteiger partial charge in [0.15, 0.2) is 0 Å². The van der Waals surface area contributed by atoms with E-state index in [0.717, 1.165) is 0 Å². The maximum Gasteiger partial charge on any atom is 0.334 e. The van der Waals surface area contributed by atoms with Crippen LogP contribution in [0, 0.1) is 11.8 Å². The zero-order valence-corrected chi connectivity index (χ0v) is 22.9. The standard InChI is InChI=1S/C26H38O13/c1-7-34-21(27)15-19(17(5)23(29)36-9-3)25(31)38-13-11-33-12-14-39-26(32)20(16-22(28)35-8-2)18(6)24(30)37-10-4/h19-20H,5-16H2,1-4H3. The number of hydrogen-bond donors (Lipinski definition) is 0. The summed E-state index contributed by atoms with van der Waals surface area (Å²) in [7, 11) is 0. The van der Waals surface area contributed by atoms with Crippen LogP contribution >= 0.6 is 0 Å². The molecule has 0 heterocycles. The molecule has 0 spiro atoms. The van der Waals surface area contributed by atoms with Crippen LogP contribution in [0.2, 0.25) is 0 Å². The number of carbonyl (C=O) groups is 6. The average Bonchev–Trinajstić information content (AvgIpc) is 2.89. The summed E-state index contributed by atoms with van der Waals surface area (Å²) in [5, 5.41) is 0. The number of ether oxygens (including phenoxy) is 7. The lowest BCUT2D eigenvalue weighted by Crippen LogP contribution is -2.29. The molecule has 13 heteroatoms. The van der Waals surface area contributed by atoms with Crippen LogP contribution in [0.5, 0.6) is 0 Å². The van der Waals surface area contributed by atoms with Crippen molar-refractivity contribution in [3.63, 3.8) is 0 Å². The topological polar surface area (TPSA) is 167 Å². The molecule has 2 unspecified atom stereocenters. The molecule has 0 aliphatic rings. The van der Waals surface area contributed by atoms with Gasteiger partial charge in [0.2, 0.25) is 0 Å². The summed E-state index contributed by atoms with van der Waals surface area (Å²) in [5.41, 5.74) is -0.492. The first-order valence-corrected chi connectivity index (χ1v) is 12.5. The molecule has 0 aromatic carbocycles. The van der Waals surface area contributed by atoms with Crippen molar-refractivity contribution >= 4 is 35.8 Å². The van der Waals surface area contributed by atoms with Crippen molar-refractivity contribution in [3.8, 4) is 0 Å². The lowest BCUT2D eigenvalue weighted by molar-refractivity contribution is -0.157. The van der Waals surface area contributed by atoms with Crippen molar-refractivity contribution < 1.29 is 61.9 Å². The van der Waals surface area contributed by atoms with E-state index in [1.165, 1.54) is 0 Å². The van der Waals surface area contributed by atoms with Gasteiger partial charge in [0.05, 0.1) is 64.3 Å². The molecule has 0 aromatic rings. The monoisotopic (exact) mass is 558 g/mol. The van der Waals surface area contributed by atoms with Crippen molar-refractivity contribution in [1.29, 1.82) is 0 Å². The SMILES string of the molecule is C=C(C(=O)OCC)C(CC(=O)OCC)C(=O)OCCOCCOC(=O)C(CC(=O)OCC)C(=C)C(=O)OCC. The van der Waals surface area contributed by atoms with Gasteiger partial charge in [0.1, 0.15) is 13.2 Å². The van der Waals surface area contributed by atoms with Crippen LogP contribution in [0.3, 0.4) is 0 Å². The van der Waals surface area contributed by atoms with E-state index in [1.807, 2.05) is 0 Å². The number of esters is 6. The van der Waals surface area contributed by atoms with E-state index in [4.69, 9.17) is 33.2 Å². The first-order valence-electron chi connectivity index (χ1n) is 12.5. The van der Waals surface area contributed by atoms with Gasteiger partial charge in [-0.1, -0.05) is 13.2 Å². The molecule has 2 atom stereocenters. The normalized spacial score (nSPS) is 11.8. The Morgan fingerprint density at radius 3 is 1.15 bits per heavy atom. The van der Waals surface area contributed by atoms with E-state index >= 15 is 0 Å². The molecule has 0 aliphatic heterocycles. The van der Waals surface area contributed by atoms with Gasteiger partial charge < -0.3 is 33.2 Å². The predicted molar refractivity (Wildman–Crippen MR) is 134 cm³/mol. The molecule has 0 amide bonds. The molecule has 0 radical (unpaired) electrons. The van der Waals surface area contributed by atoms with Gasteiger partial charge in [-0.15, -0.1) is 0 Å². The molecule has 0 aliphatic carbocycles. The summed E-state index contributed by atoms with van der Waals surface area (Å²) in [6.07, 6.45) is -0.906. The number of carbonyl (C=O) groups excluding carboxylic acids is 6. The Labute approximate surface area is 227 Å². The van der Waals surface area contributed by atoms with Crippen LogP contribution in [-0.2, 0) is 61.9 Å². The highest BCUT2D eigenvalue weighted by atomic mass is 16.6. The molecule has 220 valence electrons. The third-order valence-corrected chi connectivity index (χ3v) is 4.78. The maximum atomic E-state index is 12.5. The highest BCUT2D eigenvalue weighted by molar-refractivity contribution is 5.97. The first-order chi connectivity index (χ1) is 18.5. The molecule has 0 saturated carbocycles. The van der Waals surface area contributed by atoms with Crippen LogP contribution in [0.15, 0.2) is 24.3 Å². The fourth-order valence-corrected chi connectivity index (χ4v) is 2.91. The summed E-state index contributed by atoms with van der Waals surface area (Å²) >= 11 is 0. The molecule has 39 heavy (non-hydrogen) atoms. The Balaban J connectivity index is 4.76. The zero-order chi connectivity index (χ0) is 29.8. The number of hydrogen-bond acceptors (Lipinski definition) is 13. The molecular formula is C26H38O13. The third kappa shape index (κ3) is 14.1. The molecule has 0 saturated heterocycles. The lowest BCUT2D eigenvalue weighted by atomic mass is 9.97. The van der Waals surface area contributed by atoms with Crippen LogP contribution in [0.25, 0.3) is 0 Å². The molecule has 0 aromatic heterocycles. The van der Waals surface area contributed by atoms with Gasteiger partial charge in [0.25, 0.3) is 0 Å². The van der Waals surface area contributed by atoms with Crippen molar-refractivity contribution in [1.82, 2.24) is 0 Å². The summed E-state index contributed by atoms with van der Waals surface area (Å²) in [6, 6.07) is 0. The third-order valence-electron chi connectivity index (χ3n) is 4.78. The minimum Gasteiger partial charge on any atom is -0.466 e. The summed E-state index contributed by atoms with van der Waals surface area (Å²) < 4.78 is 34.8. The lowest BCUT2D eigenvalue weighted by Gasteiger charge is -2.17. The van der Waals surface area contributed by atoms with Gasteiger partial charge in [-0.25, -0.2) is 9.59 Å². The minimum atomic E-state index is -1.30. The van der Waals surface area contributed by atoms with E-state index < -0.39 is 60.5 Å². The number of rotatable bonds is 20. The molecule has 0 rings (SSSR count). The summed E-state index contributed by atoms with van der Waals surface area (Å²) in [6.45, 7) is 13.0. The van der Waals surface area contributed by atoms with E-state index in [1.54, 1.807) is 27.7 Å². The quantitative estimate of drug-likeness (QED) is 0.0912. The van der Waals surface area contributed by atoms with Gasteiger partial charge in [0, 0.05) is 11.1 Å². The van der Waals surface area contributed by atoms with E-state index in [0.29, 0.717) is 0 Å². The summed E-state index contributed by atoms with van der Waals surface area (Å²) in [4.78, 5) is 72.6. The second kappa shape index (κ2) is 20.3. The van der Waals surface area contributed by atoms with Crippen molar-refractivity contribution in [2.45, 2.75) is 40.5 Å². The minimum absolute atomic E-state index is 0.0535. The van der Waals surface area contributed by atoms with Gasteiger partial charge >= 0.3 is 35.8 Å². The predicted octanol–water partition coefficient (Wildman–Crippen LogP) is 1.47. The smallest absolute Gasteiger partial charge is 0.334 e. The van der Waals surface area contributed by atoms with E-state index in [9.17, 15) is 28.8 Å². The van der Waals surface area contributed by atoms with Gasteiger partial charge in [-0.3, -0.25) is 19.2 Å². The highest BCUT2D eigenvalue weighted by Gasteiger charge is 2.32. The largest absolute Gasteiger partial charge is 0.466 e. The second-order valence-corrected chi connectivity index (χ2v) is 7.56. The molecule has 0 fully saturated rings. The summed E-state index contributed by atoms with van der Waals surface area (Å²) in [5.74, 6) is -7.49. The van der Waals surface area contributed by atoms with Crippen molar-refractivity contribution in [3.05, 3.63) is 24.3 Å². The van der Waals surface area contributed by atoms with Crippen molar-refractivity contribution in [2.24, 2.45) is 11.8 Å². The molecule has 0 bridgehead atoms. The fourth-order valence-electron chi connectivity index (χ4n) is 2.91. The zero-order valence-electron chi connectivity index (χ0n) is 22.9. The maximum absolute atomic E-state index is 12.5. The Kier molecular flexibility index (Phi) is 18.3. The van der Waals surface area contributed by atoms with Crippen molar-refractivity contribution in [2.75, 3.05) is 52.9 Å². The van der Waals surface area contributed by atoms with Crippen LogP contribution < -0.4 is 0 Å². The highest BCUT2D eigenvalue weighted by Crippen LogP contribution is 2.19. The molecule has 13 nitrogen and oxygen atoms in total. The Morgan fingerprint density at radius 2 is 0.846 bits per heavy atom. The Hall–Kier alpha value is -3.74. The van der Waals surface area contributed by atoms with Gasteiger partial charge in [-0.2, -0.15) is 0 Å². The van der Waals surface area contributed by atoms with Crippen LogP contribution in [0.4, 0.5) is 0 Å². The Bertz CT molecular complexity index is 807. The van der Waals surface area contributed by atoms with Crippen LogP contribution in [-0.4, -0.2) is 88.7 Å². The van der Waals surface area contributed by atoms with E-state index in [2.05, 4.69) is 13.2 Å². The molecule has 0 N–H and O–H groups in total. The van der Waals surface area contributed by atoms with E-state index in [-0.39, 0.29) is 64.0 Å². The Morgan fingerprint density at radius 1 is 0.513 bits per heavy atom.